The standard InChI is InChI=1S/C12H10/c1-2-6-11-9(4-1)8-10-5-3-7-12(10)11/h1-7,9H,8H2. The van der Waals surface area contributed by atoms with Crippen LogP contribution in [-0.4, -0.2) is 0 Å². The van der Waals surface area contributed by atoms with Crippen molar-refractivity contribution < 1.29 is 0 Å². The van der Waals surface area contributed by atoms with Crippen LogP contribution in [0.1, 0.15) is 6.42 Å². The Kier molecular flexibility index (Phi) is 1.09. The Bertz CT molecular complexity index is 373. The van der Waals surface area contributed by atoms with Crippen molar-refractivity contribution in [3.8, 4) is 0 Å². The molecule has 1 atom stereocenters. The Morgan fingerprint density at radius 1 is 1.08 bits per heavy atom. The smallest absolute Gasteiger partial charge is 0.00677 e. The zero-order chi connectivity index (χ0) is 7.97. The van der Waals surface area contributed by atoms with Crippen molar-refractivity contribution in [1.29, 1.82) is 0 Å². The molecule has 3 aliphatic rings. The Morgan fingerprint density at radius 2 is 2.08 bits per heavy atom. The largest absolute Gasteiger partial charge is 0.0767 e. The van der Waals surface area contributed by atoms with Crippen molar-refractivity contribution in [2.24, 2.45) is 5.92 Å². The highest BCUT2D eigenvalue weighted by molar-refractivity contribution is 5.60. The molecular formula is C12H10. The highest BCUT2D eigenvalue weighted by Crippen LogP contribution is 2.42. The minimum Gasteiger partial charge on any atom is -0.0767 e. The minimum atomic E-state index is 0.668. The summed E-state index contributed by atoms with van der Waals surface area (Å²) in [4.78, 5) is 0. The van der Waals surface area contributed by atoms with Gasteiger partial charge in [0.05, 0.1) is 0 Å². The molecule has 0 fully saturated rings. The van der Waals surface area contributed by atoms with E-state index >= 15 is 0 Å². The van der Waals surface area contributed by atoms with Crippen molar-refractivity contribution in [2.75, 3.05) is 0 Å². The van der Waals surface area contributed by atoms with Crippen LogP contribution in [0, 0.1) is 5.92 Å². The van der Waals surface area contributed by atoms with E-state index in [2.05, 4.69) is 42.5 Å². The first kappa shape index (κ1) is 6.24. The number of fused-ring (bicyclic) bond motifs is 2. The lowest BCUT2D eigenvalue weighted by Crippen LogP contribution is -1.95. The van der Waals surface area contributed by atoms with Gasteiger partial charge in [0.15, 0.2) is 0 Å². The molecule has 0 heterocycles. The van der Waals surface area contributed by atoms with Crippen molar-refractivity contribution in [1.82, 2.24) is 0 Å². The van der Waals surface area contributed by atoms with Gasteiger partial charge >= 0.3 is 0 Å². The zero-order valence-electron chi connectivity index (χ0n) is 6.83. The second kappa shape index (κ2) is 2.10. The third kappa shape index (κ3) is 0.672. The van der Waals surface area contributed by atoms with E-state index in [4.69, 9.17) is 0 Å². The van der Waals surface area contributed by atoms with Crippen LogP contribution < -0.4 is 0 Å². The molecule has 0 saturated carbocycles. The summed E-state index contributed by atoms with van der Waals surface area (Å²) in [6.07, 6.45) is 16.7. The lowest BCUT2D eigenvalue weighted by atomic mass is 9.96. The SMILES string of the molecule is C1=CC2=C3C=CC=CC3CC2=C1. The van der Waals surface area contributed by atoms with Crippen molar-refractivity contribution in [3.05, 3.63) is 59.3 Å². The summed E-state index contributed by atoms with van der Waals surface area (Å²) < 4.78 is 0. The molecule has 0 radical (unpaired) electrons. The van der Waals surface area contributed by atoms with Crippen LogP contribution in [0.15, 0.2) is 59.3 Å². The van der Waals surface area contributed by atoms with Crippen LogP contribution in [0.25, 0.3) is 0 Å². The predicted octanol–water partition coefficient (Wildman–Crippen LogP) is 2.93. The molecule has 3 aliphatic carbocycles. The molecule has 0 N–H and O–H groups in total. The third-order valence-corrected chi connectivity index (χ3v) is 2.79. The Balaban J connectivity index is 2.20. The normalized spacial score (nSPS) is 29.3. The second-order valence-electron chi connectivity index (χ2n) is 3.47. The van der Waals surface area contributed by atoms with Crippen LogP contribution in [0.4, 0.5) is 0 Å². The molecule has 0 aliphatic heterocycles. The van der Waals surface area contributed by atoms with Gasteiger partial charge in [0, 0.05) is 5.92 Å². The molecule has 0 nitrogen and oxygen atoms in total. The average molecular weight is 154 g/mol. The summed E-state index contributed by atoms with van der Waals surface area (Å²) in [5.74, 6) is 0.668. The van der Waals surface area contributed by atoms with Gasteiger partial charge < -0.3 is 0 Å². The molecule has 0 aromatic heterocycles. The highest BCUT2D eigenvalue weighted by atomic mass is 14.3. The van der Waals surface area contributed by atoms with E-state index in [0.29, 0.717) is 5.92 Å². The van der Waals surface area contributed by atoms with Crippen LogP contribution >= 0.6 is 0 Å². The van der Waals surface area contributed by atoms with E-state index in [9.17, 15) is 0 Å². The number of allylic oxidation sites excluding steroid dienone is 10. The van der Waals surface area contributed by atoms with E-state index in [1.165, 1.54) is 23.1 Å². The fraction of sp³-hybridized carbons (Fsp3) is 0.167. The molecule has 0 amide bonds. The first-order valence-electron chi connectivity index (χ1n) is 4.42. The third-order valence-electron chi connectivity index (χ3n) is 2.79. The van der Waals surface area contributed by atoms with Crippen LogP contribution in [-0.2, 0) is 0 Å². The molecule has 0 aromatic carbocycles. The first-order valence-corrected chi connectivity index (χ1v) is 4.42. The van der Waals surface area contributed by atoms with Gasteiger partial charge in [0.2, 0.25) is 0 Å². The summed E-state index contributed by atoms with van der Waals surface area (Å²) >= 11 is 0. The van der Waals surface area contributed by atoms with Crippen molar-refractivity contribution in [3.63, 3.8) is 0 Å². The van der Waals surface area contributed by atoms with E-state index in [-0.39, 0.29) is 0 Å². The average Bonchev–Trinajstić information content (AvgIpc) is 2.62. The van der Waals surface area contributed by atoms with Gasteiger partial charge in [-0.2, -0.15) is 0 Å². The molecule has 0 aromatic rings. The fourth-order valence-electron chi connectivity index (χ4n) is 2.21. The maximum atomic E-state index is 2.30. The zero-order valence-corrected chi connectivity index (χ0v) is 6.83. The molecule has 0 heteroatoms. The van der Waals surface area contributed by atoms with E-state index in [1.807, 2.05) is 0 Å². The molecule has 1 unspecified atom stereocenters. The molecular weight excluding hydrogens is 144 g/mol. The number of rotatable bonds is 0. The highest BCUT2D eigenvalue weighted by Gasteiger charge is 2.26. The van der Waals surface area contributed by atoms with Gasteiger partial charge in [0.25, 0.3) is 0 Å². The number of hydrogen-bond donors (Lipinski definition) is 0. The Labute approximate surface area is 72.3 Å². The predicted molar refractivity (Wildman–Crippen MR) is 50.6 cm³/mol. The maximum absolute atomic E-state index is 2.30. The minimum absolute atomic E-state index is 0.668. The van der Waals surface area contributed by atoms with Crippen LogP contribution in [0.5, 0.6) is 0 Å². The molecule has 0 saturated heterocycles. The van der Waals surface area contributed by atoms with E-state index in [1.54, 1.807) is 0 Å². The Morgan fingerprint density at radius 3 is 3.08 bits per heavy atom. The van der Waals surface area contributed by atoms with Gasteiger partial charge in [-0.25, -0.2) is 0 Å². The van der Waals surface area contributed by atoms with Gasteiger partial charge in [-0.1, -0.05) is 42.5 Å². The summed E-state index contributed by atoms with van der Waals surface area (Å²) in [5.41, 5.74) is 4.50. The monoisotopic (exact) mass is 154 g/mol. The lowest BCUT2D eigenvalue weighted by Gasteiger charge is -2.08. The first-order chi connectivity index (χ1) is 5.95. The van der Waals surface area contributed by atoms with Gasteiger partial charge in [0.1, 0.15) is 0 Å². The fourth-order valence-corrected chi connectivity index (χ4v) is 2.21. The summed E-state index contributed by atoms with van der Waals surface area (Å²) in [6, 6.07) is 0. The summed E-state index contributed by atoms with van der Waals surface area (Å²) in [6.45, 7) is 0. The second-order valence-corrected chi connectivity index (χ2v) is 3.47. The van der Waals surface area contributed by atoms with Crippen molar-refractivity contribution in [2.45, 2.75) is 6.42 Å². The summed E-state index contributed by atoms with van der Waals surface area (Å²) in [5, 5.41) is 0. The topological polar surface area (TPSA) is 0 Å². The van der Waals surface area contributed by atoms with Gasteiger partial charge in [-0.05, 0) is 23.1 Å². The van der Waals surface area contributed by atoms with E-state index < -0.39 is 0 Å². The van der Waals surface area contributed by atoms with Crippen LogP contribution in [0.2, 0.25) is 0 Å². The Hall–Kier alpha value is -1.30. The number of hydrogen-bond acceptors (Lipinski definition) is 0. The molecule has 3 rings (SSSR count). The van der Waals surface area contributed by atoms with Crippen LogP contribution in [0.3, 0.4) is 0 Å². The van der Waals surface area contributed by atoms with E-state index in [0.717, 1.165) is 0 Å². The molecule has 0 bridgehead atoms. The molecule has 0 spiro atoms. The maximum Gasteiger partial charge on any atom is 0.00677 e. The van der Waals surface area contributed by atoms with Crippen molar-refractivity contribution >= 4 is 0 Å². The van der Waals surface area contributed by atoms with Gasteiger partial charge in [-0.15, -0.1) is 0 Å². The lowest BCUT2D eigenvalue weighted by molar-refractivity contribution is 0.811. The quantitative estimate of drug-likeness (QED) is 0.503. The summed E-state index contributed by atoms with van der Waals surface area (Å²) in [7, 11) is 0. The molecule has 12 heavy (non-hydrogen) atoms. The molecule has 58 valence electrons. The van der Waals surface area contributed by atoms with Gasteiger partial charge in [-0.3, -0.25) is 0 Å².